The maximum Gasteiger partial charge on any atom is 0.110 e. The van der Waals surface area contributed by atoms with Crippen LogP contribution >= 0.6 is 22.9 Å². The molecule has 96 valence electrons. The number of hydrogen-bond donors (Lipinski definition) is 0. The minimum absolute atomic E-state index is 0.433. The van der Waals surface area contributed by atoms with Crippen LogP contribution in [0.15, 0.2) is 5.38 Å². The molecule has 1 aromatic rings. The largest absolute Gasteiger partial charge is 0.294 e. The molecule has 1 atom stereocenters. The Morgan fingerprint density at radius 3 is 2.82 bits per heavy atom. The number of aromatic nitrogens is 1. The van der Waals surface area contributed by atoms with E-state index in [4.69, 9.17) is 11.6 Å². The van der Waals surface area contributed by atoms with Crippen LogP contribution in [-0.2, 0) is 5.88 Å². The molecule has 0 amide bonds. The second-order valence-electron chi connectivity index (χ2n) is 4.87. The van der Waals surface area contributed by atoms with Gasteiger partial charge in [-0.1, -0.05) is 13.3 Å². The van der Waals surface area contributed by atoms with Gasteiger partial charge in [0.25, 0.3) is 0 Å². The van der Waals surface area contributed by atoms with Crippen LogP contribution in [0.25, 0.3) is 0 Å². The minimum atomic E-state index is 0.433. The Labute approximate surface area is 113 Å². The van der Waals surface area contributed by atoms with Crippen LogP contribution in [0.5, 0.6) is 0 Å². The molecule has 1 aliphatic carbocycles. The van der Waals surface area contributed by atoms with Crippen molar-refractivity contribution in [2.24, 2.45) is 5.92 Å². The number of hydrogen-bond acceptors (Lipinski definition) is 3. The Hall–Kier alpha value is -0.120. The average molecular weight is 273 g/mol. The molecule has 0 radical (unpaired) electrons. The Kier molecular flexibility index (Phi) is 4.83. The van der Waals surface area contributed by atoms with Gasteiger partial charge in [-0.2, -0.15) is 0 Å². The third-order valence-electron chi connectivity index (χ3n) is 3.74. The molecule has 17 heavy (non-hydrogen) atoms. The van der Waals surface area contributed by atoms with Crippen molar-refractivity contribution in [2.75, 3.05) is 13.1 Å². The van der Waals surface area contributed by atoms with Crippen molar-refractivity contribution in [1.29, 1.82) is 0 Å². The summed E-state index contributed by atoms with van der Waals surface area (Å²) < 4.78 is 0. The topological polar surface area (TPSA) is 16.1 Å². The van der Waals surface area contributed by atoms with Crippen molar-refractivity contribution in [3.05, 3.63) is 16.1 Å². The zero-order valence-corrected chi connectivity index (χ0v) is 12.2. The highest BCUT2D eigenvalue weighted by Gasteiger charge is 2.24. The Morgan fingerprint density at radius 2 is 2.35 bits per heavy atom. The fraction of sp³-hybridized carbons (Fsp3) is 0.769. The molecule has 1 saturated carbocycles. The van der Waals surface area contributed by atoms with Crippen molar-refractivity contribution in [3.63, 3.8) is 0 Å². The number of thiazole rings is 1. The van der Waals surface area contributed by atoms with Gasteiger partial charge in [0, 0.05) is 11.9 Å². The molecule has 1 fully saturated rings. The quantitative estimate of drug-likeness (QED) is 0.726. The summed E-state index contributed by atoms with van der Waals surface area (Å²) in [7, 11) is 0. The first-order valence-corrected chi connectivity index (χ1v) is 7.90. The molecule has 1 aliphatic rings. The second-order valence-corrected chi connectivity index (χ2v) is 6.03. The van der Waals surface area contributed by atoms with Gasteiger partial charge in [0.2, 0.25) is 0 Å². The summed E-state index contributed by atoms with van der Waals surface area (Å²) in [5.74, 6) is 1.45. The molecule has 1 unspecified atom stereocenters. The van der Waals surface area contributed by atoms with E-state index in [2.05, 4.69) is 29.1 Å². The molecule has 0 aliphatic heterocycles. The summed E-state index contributed by atoms with van der Waals surface area (Å²) in [6.07, 6.45) is 4.24. The minimum Gasteiger partial charge on any atom is -0.294 e. The summed E-state index contributed by atoms with van der Waals surface area (Å²) in [5, 5.41) is 3.29. The van der Waals surface area contributed by atoms with Gasteiger partial charge in [0.05, 0.1) is 17.6 Å². The highest BCUT2D eigenvalue weighted by molar-refractivity contribution is 7.09. The predicted octanol–water partition coefficient (Wildman–Crippen LogP) is 4.06. The maximum absolute atomic E-state index is 5.80. The summed E-state index contributed by atoms with van der Waals surface area (Å²) in [4.78, 5) is 7.14. The standard InChI is InChI=1S/C13H21ClN2S/c1-3-16(8-11-5-4-6-11)10(2)13-15-12(7-14)9-17-13/h9-11H,3-8H2,1-2H3. The smallest absolute Gasteiger partial charge is 0.110 e. The van der Waals surface area contributed by atoms with Crippen LogP contribution in [0.1, 0.15) is 49.9 Å². The molecule has 0 spiro atoms. The fourth-order valence-corrected chi connectivity index (χ4v) is 3.44. The lowest BCUT2D eigenvalue weighted by Crippen LogP contribution is -2.34. The number of rotatable bonds is 6. The van der Waals surface area contributed by atoms with Crippen LogP contribution in [0.4, 0.5) is 0 Å². The zero-order valence-electron chi connectivity index (χ0n) is 10.7. The first-order valence-electron chi connectivity index (χ1n) is 6.49. The third kappa shape index (κ3) is 3.21. The number of halogens is 1. The number of nitrogens with zero attached hydrogens (tertiary/aromatic N) is 2. The van der Waals surface area contributed by atoms with E-state index in [-0.39, 0.29) is 0 Å². The van der Waals surface area contributed by atoms with Crippen LogP contribution < -0.4 is 0 Å². The van der Waals surface area contributed by atoms with E-state index in [0.717, 1.165) is 18.2 Å². The monoisotopic (exact) mass is 272 g/mol. The van der Waals surface area contributed by atoms with Crippen molar-refractivity contribution in [1.82, 2.24) is 9.88 Å². The molecule has 1 heterocycles. The highest BCUT2D eigenvalue weighted by atomic mass is 35.5. The Bertz CT molecular complexity index is 349. The van der Waals surface area contributed by atoms with E-state index in [9.17, 15) is 0 Å². The SMILES string of the molecule is CCN(CC1CCC1)C(C)c1nc(CCl)cs1. The summed E-state index contributed by atoms with van der Waals surface area (Å²) in [6, 6.07) is 0.433. The maximum atomic E-state index is 5.80. The molecule has 1 aromatic heterocycles. The molecule has 4 heteroatoms. The normalized spacial score (nSPS) is 18.4. The number of alkyl halides is 1. The van der Waals surface area contributed by atoms with Gasteiger partial charge >= 0.3 is 0 Å². The van der Waals surface area contributed by atoms with Gasteiger partial charge in [0.15, 0.2) is 0 Å². The molecule has 2 rings (SSSR count). The summed E-state index contributed by atoms with van der Waals surface area (Å²) in [6.45, 7) is 6.84. The van der Waals surface area contributed by atoms with Crippen molar-refractivity contribution >= 4 is 22.9 Å². The van der Waals surface area contributed by atoms with E-state index in [1.54, 1.807) is 11.3 Å². The van der Waals surface area contributed by atoms with E-state index in [0.29, 0.717) is 11.9 Å². The van der Waals surface area contributed by atoms with Crippen molar-refractivity contribution in [3.8, 4) is 0 Å². The summed E-state index contributed by atoms with van der Waals surface area (Å²) >= 11 is 7.55. The van der Waals surface area contributed by atoms with E-state index in [1.807, 2.05) is 0 Å². The van der Waals surface area contributed by atoms with Gasteiger partial charge in [0.1, 0.15) is 5.01 Å². The Balaban J connectivity index is 1.97. The van der Waals surface area contributed by atoms with Crippen LogP contribution in [0.3, 0.4) is 0 Å². The zero-order chi connectivity index (χ0) is 12.3. The molecular weight excluding hydrogens is 252 g/mol. The van der Waals surface area contributed by atoms with E-state index in [1.165, 1.54) is 30.8 Å². The van der Waals surface area contributed by atoms with Gasteiger partial charge < -0.3 is 0 Å². The lowest BCUT2D eigenvalue weighted by Gasteiger charge is -2.34. The highest BCUT2D eigenvalue weighted by Crippen LogP contribution is 2.31. The molecule has 0 aromatic carbocycles. The van der Waals surface area contributed by atoms with E-state index < -0.39 is 0 Å². The molecule has 2 nitrogen and oxygen atoms in total. The predicted molar refractivity (Wildman–Crippen MR) is 74.7 cm³/mol. The summed E-state index contributed by atoms with van der Waals surface area (Å²) in [5.41, 5.74) is 1.01. The fourth-order valence-electron chi connectivity index (χ4n) is 2.30. The van der Waals surface area contributed by atoms with Gasteiger partial charge in [-0.15, -0.1) is 22.9 Å². The molecule has 0 N–H and O–H groups in total. The van der Waals surface area contributed by atoms with Crippen molar-refractivity contribution in [2.45, 2.75) is 45.0 Å². The van der Waals surface area contributed by atoms with Crippen molar-refractivity contribution < 1.29 is 0 Å². The lowest BCUT2D eigenvalue weighted by molar-refractivity contribution is 0.146. The van der Waals surface area contributed by atoms with Crippen LogP contribution in [0.2, 0.25) is 0 Å². The lowest BCUT2D eigenvalue weighted by atomic mass is 9.85. The second kappa shape index (κ2) is 6.17. The molecule has 0 bridgehead atoms. The van der Waals surface area contributed by atoms with E-state index >= 15 is 0 Å². The van der Waals surface area contributed by atoms with Gasteiger partial charge in [-0.05, 0) is 32.2 Å². The Morgan fingerprint density at radius 1 is 1.59 bits per heavy atom. The third-order valence-corrected chi connectivity index (χ3v) is 5.07. The molecular formula is C13H21ClN2S. The first-order chi connectivity index (χ1) is 8.24. The average Bonchev–Trinajstić information content (AvgIpc) is 2.75. The first kappa shape index (κ1) is 13.3. The van der Waals surface area contributed by atoms with Gasteiger partial charge in [-0.25, -0.2) is 4.98 Å². The van der Waals surface area contributed by atoms with Crippen LogP contribution in [0, 0.1) is 5.92 Å². The van der Waals surface area contributed by atoms with Crippen LogP contribution in [-0.4, -0.2) is 23.0 Å². The van der Waals surface area contributed by atoms with Gasteiger partial charge in [-0.3, -0.25) is 4.90 Å². The molecule has 0 saturated heterocycles.